The molecular weight excluding hydrogens is 304 g/mol. The summed E-state index contributed by atoms with van der Waals surface area (Å²) in [5.74, 6) is 2.99. The van der Waals surface area contributed by atoms with Crippen LogP contribution in [-0.2, 0) is 6.61 Å². The summed E-state index contributed by atoms with van der Waals surface area (Å²) in [5.41, 5.74) is 4.50. The van der Waals surface area contributed by atoms with Crippen molar-refractivity contribution in [3.8, 4) is 5.75 Å². The van der Waals surface area contributed by atoms with Crippen molar-refractivity contribution in [2.45, 2.75) is 6.61 Å². The number of rotatable bonds is 4. The fourth-order valence-electron chi connectivity index (χ4n) is 2.76. The van der Waals surface area contributed by atoms with E-state index in [1.165, 1.54) is 10.9 Å². The number of ether oxygens (including phenoxy) is 1. The van der Waals surface area contributed by atoms with Crippen LogP contribution in [-0.4, -0.2) is 28.7 Å². The molecule has 2 heterocycles. The van der Waals surface area contributed by atoms with Crippen LogP contribution in [0.1, 0.15) is 11.3 Å². The molecule has 0 atom stereocenters. The molecule has 23 heavy (non-hydrogen) atoms. The van der Waals surface area contributed by atoms with Gasteiger partial charge in [-0.2, -0.15) is 11.8 Å². The molecule has 0 amide bonds. The van der Waals surface area contributed by atoms with E-state index < -0.39 is 0 Å². The zero-order valence-corrected chi connectivity index (χ0v) is 13.6. The molecule has 1 aliphatic rings. The SMILES string of the molecule is c1ccc(COc2cccc3cc(C4=NCCSC4)[nH]c23)cc1. The van der Waals surface area contributed by atoms with Gasteiger partial charge in [-0.3, -0.25) is 4.99 Å². The summed E-state index contributed by atoms with van der Waals surface area (Å²) >= 11 is 1.94. The second kappa shape index (κ2) is 6.50. The van der Waals surface area contributed by atoms with Gasteiger partial charge in [0.2, 0.25) is 0 Å². The van der Waals surface area contributed by atoms with Crippen molar-refractivity contribution < 1.29 is 4.74 Å². The Hall–Kier alpha value is -2.20. The molecule has 4 heteroatoms. The van der Waals surface area contributed by atoms with Crippen LogP contribution in [0.25, 0.3) is 10.9 Å². The minimum Gasteiger partial charge on any atom is -0.487 e. The lowest BCUT2D eigenvalue weighted by molar-refractivity contribution is 0.309. The number of nitrogens with one attached hydrogen (secondary N) is 1. The van der Waals surface area contributed by atoms with Gasteiger partial charge in [0.25, 0.3) is 0 Å². The van der Waals surface area contributed by atoms with Crippen molar-refractivity contribution in [1.29, 1.82) is 0 Å². The normalized spacial score (nSPS) is 14.7. The van der Waals surface area contributed by atoms with Crippen LogP contribution >= 0.6 is 11.8 Å². The molecule has 116 valence electrons. The van der Waals surface area contributed by atoms with Gasteiger partial charge in [0.1, 0.15) is 12.4 Å². The molecule has 0 saturated carbocycles. The molecule has 0 fully saturated rings. The number of aliphatic imine (C=N–C) groups is 1. The van der Waals surface area contributed by atoms with E-state index in [0.717, 1.165) is 40.7 Å². The molecule has 1 aromatic heterocycles. The second-order valence-electron chi connectivity index (χ2n) is 5.56. The van der Waals surface area contributed by atoms with Crippen LogP contribution in [0.5, 0.6) is 5.75 Å². The van der Waals surface area contributed by atoms with Gasteiger partial charge in [-0.05, 0) is 17.7 Å². The number of fused-ring (bicyclic) bond motifs is 1. The van der Waals surface area contributed by atoms with Crippen molar-refractivity contribution in [3.05, 3.63) is 65.9 Å². The van der Waals surface area contributed by atoms with E-state index in [1.54, 1.807) is 0 Å². The first-order valence-corrected chi connectivity index (χ1v) is 8.95. The highest BCUT2D eigenvalue weighted by atomic mass is 32.2. The van der Waals surface area contributed by atoms with E-state index in [4.69, 9.17) is 4.74 Å². The van der Waals surface area contributed by atoms with Gasteiger partial charge in [0.05, 0.1) is 16.9 Å². The van der Waals surface area contributed by atoms with Gasteiger partial charge in [-0.1, -0.05) is 42.5 Å². The van der Waals surface area contributed by atoms with Crippen LogP contribution in [0.3, 0.4) is 0 Å². The summed E-state index contributed by atoms with van der Waals surface area (Å²) in [5, 5.41) is 1.17. The predicted molar refractivity (Wildman–Crippen MR) is 97.8 cm³/mol. The fourth-order valence-corrected chi connectivity index (χ4v) is 3.57. The van der Waals surface area contributed by atoms with E-state index in [9.17, 15) is 0 Å². The minimum absolute atomic E-state index is 0.575. The molecule has 0 bridgehead atoms. The maximum Gasteiger partial charge on any atom is 0.143 e. The molecule has 0 aliphatic carbocycles. The number of H-pyrrole nitrogens is 1. The number of hydrogen-bond donors (Lipinski definition) is 1. The molecule has 1 aliphatic heterocycles. The molecule has 1 N–H and O–H groups in total. The second-order valence-corrected chi connectivity index (χ2v) is 6.66. The lowest BCUT2D eigenvalue weighted by Crippen LogP contribution is -2.12. The number of benzene rings is 2. The molecule has 0 spiro atoms. The Morgan fingerprint density at radius 3 is 2.83 bits per heavy atom. The van der Waals surface area contributed by atoms with E-state index in [2.05, 4.69) is 34.2 Å². The Bertz CT molecular complexity index is 839. The predicted octanol–water partition coefficient (Wildman–Crippen LogP) is 4.28. The Kier molecular flexibility index (Phi) is 4.07. The Balaban J connectivity index is 1.62. The summed E-state index contributed by atoms with van der Waals surface area (Å²) in [4.78, 5) is 8.14. The lowest BCUT2D eigenvalue weighted by atomic mass is 10.2. The van der Waals surface area contributed by atoms with Gasteiger partial charge in [-0.15, -0.1) is 0 Å². The zero-order valence-electron chi connectivity index (χ0n) is 12.8. The van der Waals surface area contributed by atoms with Gasteiger partial charge in [0.15, 0.2) is 0 Å². The van der Waals surface area contributed by atoms with E-state index >= 15 is 0 Å². The molecule has 0 saturated heterocycles. The standard InChI is InChI=1S/C19H18N2OS/c1-2-5-14(6-3-1)12-22-18-8-4-7-15-11-16(21-19(15)18)17-13-23-10-9-20-17/h1-8,11,21H,9-10,12-13H2. The van der Waals surface area contributed by atoms with E-state index in [-0.39, 0.29) is 0 Å². The average molecular weight is 322 g/mol. The smallest absolute Gasteiger partial charge is 0.143 e. The number of nitrogens with zero attached hydrogens (tertiary/aromatic N) is 1. The first kappa shape index (κ1) is 14.4. The van der Waals surface area contributed by atoms with E-state index in [1.807, 2.05) is 42.1 Å². The zero-order chi connectivity index (χ0) is 15.5. The highest BCUT2D eigenvalue weighted by Gasteiger charge is 2.13. The first-order chi connectivity index (χ1) is 11.4. The van der Waals surface area contributed by atoms with Gasteiger partial charge >= 0.3 is 0 Å². The summed E-state index contributed by atoms with van der Waals surface area (Å²) < 4.78 is 6.03. The highest BCUT2D eigenvalue weighted by molar-refractivity contribution is 8.00. The summed E-state index contributed by atoms with van der Waals surface area (Å²) in [6, 6.07) is 18.6. The first-order valence-electron chi connectivity index (χ1n) is 7.80. The quantitative estimate of drug-likeness (QED) is 0.778. The molecule has 3 nitrogen and oxygen atoms in total. The summed E-state index contributed by atoms with van der Waals surface area (Å²) in [6.45, 7) is 1.48. The molecule has 0 unspecified atom stereocenters. The lowest BCUT2D eigenvalue weighted by Gasteiger charge is -2.10. The van der Waals surface area contributed by atoms with Gasteiger partial charge in [-0.25, -0.2) is 0 Å². The third-order valence-corrected chi connectivity index (χ3v) is 4.89. The summed E-state index contributed by atoms with van der Waals surface area (Å²) in [6.07, 6.45) is 0. The van der Waals surface area contributed by atoms with E-state index in [0.29, 0.717) is 6.61 Å². The van der Waals surface area contributed by atoms with Crippen LogP contribution < -0.4 is 4.74 Å². The third kappa shape index (κ3) is 3.13. The van der Waals surface area contributed by atoms with Crippen molar-refractivity contribution >= 4 is 28.4 Å². The maximum absolute atomic E-state index is 6.03. The number of aromatic amines is 1. The average Bonchev–Trinajstić information content (AvgIpc) is 3.06. The molecular formula is C19H18N2OS. The monoisotopic (exact) mass is 322 g/mol. The van der Waals surface area contributed by atoms with Crippen LogP contribution in [0.4, 0.5) is 0 Å². The molecule has 4 rings (SSSR count). The van der Waals surface area contributed by atoms with Crippen molar-refractivity contribution in [1.82, 2.24) is 4.98 Å². The number of para-hydroxylation sites is 1. The van der Waals surface area contributed by atoms with Crippen molar-refractivity contribution in [2.24, 2.45) is 4.99 Å². The van der Waals surface area contributed by atoms with Crippen LogP contribution in [0.15, 0.2) is 59.6 Å². The van der Waals surface area contributed by atoms with Crippen molar-refractivity contribution in [3.63, 3.8) is 0 Å². The molecule has 3 aromatic rings. The Morgan fingerprint density at radius 2 is 2.00 bits per heavy atom. The van der Waals surface area contributed by atoms with Crippen LogP contribution in [0, 0.1) is 0 Å². The molecule has 0 radical (unpaired) electrons. The van der Waals surface area contributed by atoms with Gasteiger partial charge < -0.3 is 9.72 Å². The number of aromatic nitrogens is 1. The van der Waals surface area contributed by atoms with Crippen molar-refractivity contribution in [2.75, 3.05) is 18.1 Å². The third-order valence-electron chi connectivity index (χ3n) is 3.94. The topological polar surface area (TPSA) is 37.4 Å². The van der Waals surface area contributed by atoms with Gasteiger partial charge in [0, 0.05) is 23.4 Å². The maximum atomic E-state index is 6.03. The van der Waals surface area contributed by atoms with Crippen LogP contribution in [0.2, 0.25) is 0 Å². The Morgan fingerprint density at radius 1 is 1.09 bits per heavy atom. The Labute approximate surface area is 139 Å². The largest absolute Gasteiger partial charge is 0.487 e. The minimum atomic E-state index is 0.575. The highest BCUT2D eigenvalue weighted by Crippen LogP contribution is 2.27. The number of hydrogen-bond acceptors (Lipinski definition) is 3. The summed E-state index contributed by atoms with van der Waals surface area (Å²) in [7, 11) is 0. The number of thioether (sulfide) groups is 1. The fraction of sp³-hybridized carbons (Fsp3) is 0.211. The molecule has 2 aromatic carbocycles.